The third kappa shape index (κ3) is 3.92. The van der Waals surface area contributed by atoms with Crippen LogP contribution in [0, 0.1) is 0 Å². The van der Waals surface area contributed by atoms with E-state index in [0.717, 1.165) is 10.3 Å². The number of ketones is 1. The standard InChI is InChI=1S/C26H21NO6S/c1-31-17-8-10-18(11-9-17)32-13-12-27-23(21-7-4-14-34-21)22(25(29)26(27)30)24(28)20-15-16-5-2-3-6-19(16)33-20/h2-11,14-15,23,29H,12-13H2,1H3. The lowest BCUT2D eigenvalue weighted by molar-refractivity contribution is -0.129. The summed E-state index contributed by atoms with van der Waals surface area (Å²) in [6, 6.07) is 18.9. The zero-order valence-electron chi connectivity index (χ0n) is 18.3. The van der Waals surface area contributed by atoms with Gasteiger partial charge < -0.3 is 23.9 Å². The summed E-state index contributed by atoms with van der Waals surface area (Å²) in [5.41, 5.74) is 0.573. The van der Waals surface area contributed by atoms with E-state index < -0.39 is 23.5 Å². The highest BCUT2D eigenvalue weighted by molar-refractivity contribution is 7.10. The molecule has 1 unspecified atom stereocenters. The number of furan rings is 1. The van der Waals surface area contributed by atoms with Crippen LogP contribution in [-0.4, -0.2) is 42.0 Å². The molecular weight excluding hydrogens is 454 g/mol. The second-order valence-corrected chi connectivity index (χ2v) is 8.66. The van der Waals surface area contributed by atoms with Crippen LogP contribution >= 0.6 is 11.3 Å². The van der Waals surface area contributed by atoms with E-state index in [1.165, 1.54) is 16.2 Å². The summed E-state index contributed by atoms with van der Waals surface area (Å²) in [6.45, 7) is 0.355. The molecule has 172 valence electrons. The fourth-order valence-corrected chi connectivity index (χ4v) is 4.86. The second kappa shape index (κ2) is 9.07. The van der Waals surface area contributed by atoms with Crippen molar-refractivity contribution in [2.24, 2.45) is 0 Å². The molecule has 0 saturated heterocycles. The minimum Gasteiger partial charge on any atom is -0.503 e. The summed E-state index contributed by atoms with van der Waals surface area (Å²) < 4.78 is 16.7. The van der Waals surface area contributed by atoms with Crippen LogP contribution in [0.1, 0.15) is 21.5 Å². The van der Waals surface area contributed by atoms with Crippen LogP contribution in [0.25, 0.3) is 11.0 Å². The molecule has 1 atom stereocenters. The Hall–Kier alpha value is -4.04. The van der Waals surface area contributed by atoms with Gasteiger partial charge >= 0.3 is 0 Å². The number of amides is 1. The van der Waals surface area contributed by atoms with Gasteiger partial charge in [-0.25, -0.2) is 0 Å². The van der Waals surface area contributed by atoms with Gasteiger partial charge in [-0.2, -0.15) is 0 Å². The average molecular weight is 476 g/mol. The van der Waals surface area contributed by atoms with Gasteiger partial charge in [0.2, 0.25) is 5.78 Å². The minimum absolute atomic E-state index is 0.0101. The van der Waals surface area contributed by atoms with Gasteiger partial charge in [0, 0.05) is 10.3 Å². The monoisotopic (exact) mass is 475 g/mol. The van der Waals surface area contributed by atoms with Crippen molar-refractivity contribution in [1.82, 2.24) is 4.90 Å². The van der Waals surface area contributed by atoms with Crippen LogP contribution in [0.3, 0.4) is 0 Å². The van der Waals surface area contributed by atoms with Gasteiger partial charge in [-0.3, -0.25) is 9.59 Å². The molecule has 4 aromatic rings. The maximum Gasteiger partial charge on any atom is 0.290 e. The first kappa shape index (κ1) is 21.8. The average Bonchev–Trinajstić information content (AvgIpc) is 3.59. The summed E-state index contributed by atoms with van der Waals surface area (Å²) in [5, 5.41) is 13.4. The molecule has 34 heavy (non-hydrogen) atoms. The Morgan fingerprint density at radius 1 is 1.09 bits per heavy atom. The van der Waals surface area contributed by atoms with E-state index in [-0.39, 0.29) is 24.5 Å². The molecule has 0 saturated carbocycles. The first-order valence-electron chi connectivity index (χ1n) is 10.6. The van der Waals surface area contributed by atoms with Gasteiger partial charge in [0.15, 0.2) is 11.5 Å². The van der Waals surface area contributed by atoms with Crippen LogP contribution in [0.2, 0.25) is 0 Å². The van der Waals surface area contributed by atoms with Gasteiger partial charge in [0.05, 0.1) is 25.3 Å². The van der Waals surface area contributed by atoms with E-state index in [2.05, 4.69) is 0 Å². The molecule has 1 aliphatic rings. The zero-order valence-corrected chi connectivity index (χ0v) is 19.1. The number of Topliss-reactive ketones (excluding diaryl/α,β-unsaturated/α-hetero) is 1. The SMILES string of the molecule is COc1ccc(OCCN2C(=O)C(O)=C(C(=O)c3cc4ccccc4o3)C2c2cccs2)cc1. The van der Waals surface area contributed by atoms with Crippen LogP contribution < -0.4 is 9.47 Å². The molecular formula is C26H21NO6S. The highest BCUT2D eigenvalue weighted by atomic mass is 32.1. The Morgan fingerprint density at radius 3 is 2.56 bits per heavy atom. The Labute approximate surface area is 199 Å². The zero-order chi connectivity index (χ0) is 23.7. The van der Waals surface area contributed by atoms with Crippen molar-refractivity contribution < 1.29 is 28.6 Å². The summed E-state index contributed by atoms with van der Waals surface area (Å²) >= 11 is 1.41. The molecule has 8 heteroatoms. The van der Waals surface area contributed by atoms with Gasteiger partial charge in [-0.05, 0) is 47.8 Å². The highest BCUT2D eigenvalue weighted by Crippen LogP contribution is 2.41. The van der Waals surface area contributed by atoms with Crippen LogP contribution in [0.4, 0.5) is 0 Å². The smallest absolute Gasteiger partial charge is 0.290 e. The number of carbonyl (C=O) groups is 2. The number of benzene rings is 2. The van der Waals surface area contributed by atoms with Crippen molar-refractivity contribution >= 4 is 34.0 Å². The molecule has 1 amide bonds. The first-order chi connectivity index (χ1) is 16.6. The number of carbonyl (C=O) groups excluding carboxylic acids is 2. The number of thiophene rings is 1. The minimum atomic E-state index is -0.729. The molecule has 0 bridgehead atoms. The van der Waals surface area contributed by atoms with Crippen LogP contribution in [0.15, 0.2) is 87.9 Å². The number of aliphatic hydroxyl groups excluding tert-OH is 1. The molecule has 5 rings (SSSR count). The van der Waals surface area contributed by atoms with Gasteiger partial charge in [-0.1, -0.05) is 24.3 Å². The van der Waals surface area contributed by atoms with E-state index in [1.807, 2.05) is 35.7 Å². The van der Waals surface area contributed by atoms with Crippen molar-refractivity contribution in [3.8, 4) is 11.5 Å². The number of ether oxygens (including phenoxy) is 2. The molecule has 2 aromatic heterocycles. The molecule has 0 fully saturated rings. The summed E-state index contributed by atoms with van der Waals surface area (Å²) in [4.78, 5) is 28.7. The fourth-order valence-electron chi connectivity index (χ4n) is 4.02. The topological polar surface area (TPSA) is 89.2 Å². The number of nitrogens with zero attached hydrogens (tertiary/aromatic N) is 1. The normalized spacial score (nSPS) is 15.9. The Morgan fingerprint density at radius 2 is 1.85 bits per heavy atom. The van der Waals surface area contributed by atoms with Crippen molar-refractivity contribution in [2.45, 2.75) is 6.04 Å². The Bertz CT molecular complexity index is 1340. The number of hydrogen-bond acceptors (Lipinski definition) is 7. The molecule has 1 aliphatic heterocycles. The van der Waals surface area contributed by atoms with Crippen molar-refractivity contribution in [2.75, 3.05) is 20.3 Å². The third-order valence-corrected chi connectivity index (χ3v) is 6.60. The van der Waals surface area contributed by atoms with Crippen LogP contribution in [-0.2, 0) is 4.79 Å². The predicted molar refractivity (Wildman–Crippen MR) is 127 cm³/mol. The number of hydrogen-bond donors (Lipinski definition) is 1. The fraction of sp³-hybridized carbons (Fsp3) is 0.154. The quantitative estimate of drug-likeness (QED) is 0.354. The van der Waals surface area contributed by atoms with Gasteiger partial charge in [-0.15, -0.1) is 11.3 Å². The van der Waals surface area contributed by atoms with Gasteiger partial charge in [0.25, 0.3) is 5.91 Å². The number of rotatable bonds is 8. The van der Waals surface area contributed by atoms with E-state index >= 15 is 0 Å². The summed E-state index contributed by atoms with van der Waals surface area (Å²) in [5.74, 6) is -0.282. The first-order valence-corrected chi connectivity index (χ1v) is 11.5. The molecule has 7 nitrogen and oxygen atoms in total. The summed E-state index contributed by atoms with van der Waals surface area (Å²) in [7, 11) is 1.59. The predicted octanol–water partition coefficient (Wildman–Crippen LogP) is 5.16. The molecule has 3 heterocycles. The number of fused-ring (bicyclic) bond motifs is 1. The molecule has 0 aliphatic carbocycles. The molecule has 2 aromatic carbocycles. The molecule has 1 N–H and O–H groups in total. The summed E-state index contributed by atoms with van der Waals surface area (Å²) in [6.07, 6.45) is 0. The second-order valence-electron chi connectivity index (χ2n) is 7.68. The number of aliphatic hydroxyl groups is 1. The van der Waals surface area contributed by atoms with Crippen molar-refractivity contribution in [3.63, 3.8) is 0 Å². The maximum atomic E-state index is 13.5. The van der Waals surface area contributed by atoms with Crippen molar-refractivity contribution in [1.29, 1.82) is 0 Å². The van der Waals surface area contributed by atoms with E-state index in [1.54, 1.807) is 43.5 Å². The largest absolute Gasteiger partial charge is 0.503 e. The number of methoxy groups -OCH3 is 1. The Balaban J connectivity index is 1.40. The van der Waals surface area contributed by atoms with Crippen molar-refractivity contribution in [3.05, 3.63) is 94.1 Å². The lowest BCUT2D eigenvalue weighted by Gasteiger charge is -2.25. The Kier molecular flexibility index (Phi) is 5.81. The lowest BCUT2D eigenvalue weighted by atomic mass is 10.0. The van der Waals surface area contributed by atoms with E-state index in [4.69, 9.17) is 13.9 Å². The maximum absolute atomic E-state index is 13.5. The molecule has 0 spiro atoms. The van der Waals surface area contributed by atoms with E-state index in [9.17, 15) is 14.7 Å². The third-order valence-electron chi connectivity index (χ3n) is 5.67. The van der Waals surface area contributed by atoms with Crippen LogP contribution in [0.5, 0.6) is 11.5 Å². The molecule has 0 radical (unpaired) electrons. The lowest BCUT2D eigenvalue weighted by Crippen LogP contribution is -2.34. The highest BCUT2D eigenvalue weighted by Gasteiger charge is 2.44. The van der Waals surface area contributed by atoms with Gasteiger partial charge in [0.1, 0.15) is 23.7 Å². The van der Waals surface area contributed by atoms with E-state index in [0.29, 0.717) is 17.1 Å². The number of para-hydroxylation sites is 1.